The largest absolute Gasteiger partial charge is 0.407 e. The highest BCUT2D eigenvalue weighted by molar-refractivity contribution is 6.99. The van der Waals surface area contributed by atoms with Gasteiger partial charge in [0.2, 0.25) is 0 Å². The maximum absolute atomic E-state index is 6.83. The average Bonchev–Trinajstić information content (AvgIpc) is 2.64. The zero-order chi connectivity index (χ0) is 18.9. The Morgan fingerprint density at radius 2 is 1.46 bits per heavy atom. The van der Waals surface area contributed by atoms with Crippen molar-refractivity contribution in [2.45, 2.75) is 45.6 Å². The van der Waals surface area contributed by atoms with E-state index < -0.39 is 8.32 Å². The Hall–Kier alpha value is -2.08. The summed E-state index contributed by atoms with van der Waals surface area (Å²) in [6.07, 6.45) is 5.67. The third kappa shape index (κ3) is 4.75. The lowest BCUT2D eigenvalue weighted by Gasteiger charge is -2.43. The van der Waals surface area contributed by atoms with E-state index in [1.54, 1.807) is 0 Å². The van der Waals surface area contributed by atoms with Crippen molar-refractivity contribution >= 4 is 18.7 Å². The maximum Gasteiger partial charge on any atom is 0.261 e. The van der Waals surface area contributed by atoms with Crippen molar-refractivity contribution in [3.05, 3.63) is 72.8 Å². The van der Waals surface area contributed by atoms with Crippen LogP contribution < -0.4 is 10.4 Å². The molecule has 0 fully saturated rings. The number of hydrogen-bond donors (Lipinski definition) is 0. The van der Waals surface area contributed by atoms with E-state index in [4.69, 9.17) is 4.43 Å². The summed E-state index contributed by atoms with van der Waals surface area (Å²) >= 11 is 0. The van der Waals surface area contributed by atoms with Gasteiger partial charge >= 0.3 is 0 Å². The van der Waals surface area contributed by atoms with Crippen LogP contribution in [-0.4, -0.2) is 14.9 Å². The van der Waals surface area contributed by atoms with Gasteiger partial charge in [0.05, 0.1) is 0 Å². The minimum absolute atomic E-state index is 0.0341. The molecule has 0 bridgehead atoms. The van der Waals surface area contributed by atoms with Crippen LogP contribution in [0, 0.1) is 11.8 Å². The molecule has 2 aromatic carbocycles. The third-order valence-corrected chi connectivity index (χ3v) is 9.58. The fourth-order valence-electron chi connectivity index (χ4n) is 3.36. The van der Waals surface area contributed by atoms with Crippen LogP contribution >= 0.6 is 0 Å². The van der Waals surface area contributed by atoms with Crippen LogP contribution in [-0.2, 0) is 4.43 Å². The molecule has 2 aromatic rings. The minimum Gasteiger partial charge on any atom is -0.407 e. The van der Waals surface area contributed by atoms with Gasteiger partial charge in [-0.3, -0.25) is 0 Å². The first-order valence-electron chi connectivity index (χ1n) is 9.37. The van der Waals surface area contributed by atoms with Crippen LogP contribution in [0.1, 0.15) is 40.5 Å². The zero-order valence-corrected chi connectivity index (χ0v) is 17.5. The third-order valence-electron chi connectivity index (χ3n) is 4.53. The van der Waals surface area contributed by atoms with Gasteiger partial charge in [-0.15, -0.1) is 0 Å². The van der Waals surface area contributed by atoms with E-state index in [9.17, 15) is 0 Å². The Labute approximate surface area is 160 Å². The molecule has 2 heteroatoms. The Morgan fingerprint density at radius 3 is 1.92 bits per heavy atom. The highest BCUT2D eigenvalue weighted by Crippen LogP contribution is 2.36. The molecule has 2 rings (SSSR count). The summed E-state index contributed by atoms with van der Waals surface area (Å²) in [7, 11) is -2.39. The molecular formula is C24H30OSi. The molecule has 0 N–H and O–H groups in total. The van der Waals surface area contributed by atoms with E-state index in [0.717, 1.165) is 19.4 Å². The summed E-state index contributed by atoms with van der Waals surface area (Å²) in [4.78, 5) is 0. The van der Waals surface area contributed by atoms with Gasteiger partial charge in [0.1, 0.15) is 0 Å². The van der Waals surface area contributed by atoms with Crippen LogP contribution in [0.25, 0.3) is 0 Å². The Kier molecular flexibility index (Phi) is 7.45. The second kappa shape index (κ2) is 9.57. The molecule has 26 heavy (non-hydrogen) atoms. The fraction of sp³-hybridized carbons (Fsp3) is 0.333. The zero-order valence-electron chi connectivity index (χ0n) is 16.5. The van der Waals surface area contributed by atoms with E-state index in [-0.39, 0.29) is 5.04 Å². The molecule has 0 unspecified atom stereocenters. The first-order chi connectivity index (χ1) is 12.5. The Morgan fingerprint density at radius 1 is 0.923 bits per heavy atom. The predicted molar refractivity (Wildman–Crippen MR) is 115 cm³/mol. The van der Waals surface area contributed by atoms with E-state index in [2.05, 4.69) is 93.3 Å². The van der Waals surface area contributed by atoms with E-state index >= 15 is 0 Å². The molecule has 136 valence electrons. The first kappa shape index (κ1) is 20.2. The van der Waals surface area contributed by atoms with Crippen LogP contribution in [0.3, 0.4) is 0 Å². The molecule has 0 aliphatic carbocycles. The van der Waals surface area contributed by atoms with Gasteiger partial charge in [0, 0.05) is 13.0 Å². The smallest absolute Gasteiger partial charge is 0.261 e. The minimum atomic E-state index is -2.39. The van der Waals surface area contributed by atoms with Gasteiger partial charge in [-0.2, -0.15) is 0 Å². The van der Waals surface area contributed by atoms with Gasteiger partial charge in [-0.25, -0.2) is 0 Å². The number of benzene rings is 2. The maximum atomic E-state index is 6.83. The standard InChI is InChI=1S/C24H30OSi/c1-5-6-7-8-9-16-21-25-26(24(2,3)4,22-17-12-10-13-18-22)23-19-14-11-15-20-23/h5-6,10-15,17-20H,9,16,21H2,1-4H3/b6-5-. The van der Waals surface area contributed by atoms with Crippen molar-refractivity contribution in [2.75, 3.05) is 6.61 Å². The molecule has 0 aromatic heterocycles. The summed E-state index contributed by atoms with van der Waals surface area (Å²) in [5.41, 5.74) is 0. The van der Waals surface area contributed by atoms with Gasteiger partial charge in [-0.05, 0) is 34.8 Å². The summed E-state index contributed by atoms with van der Waals surface area (Å²) in [5, 5.41) is 2.70. The highest BCUT2D eigenvalue weighted by atomic mass is 28.4. The highest BCUT2D eigenvalue weighted by Gasteiger charge is 2.49. The molecular weight excluding hydrogens is 332 g/mol. The molecule has 0 heterocycles. The lowest BCUT2D eigenvalue weighted by atomic mass is 10.2. The molecule has 0 aliphatic rings. The topological polar surface area (TPSA) is 9.23 Å². The Balaban J connectivity index is 2.34. The van der Waals surface area contributed by atoms with Crippen molar-refractivity contribution in [1.82, 2.24) is 0 Å². The Bertz CT molecular complexity index is 706. The van der Waals surface area contributed by atoms with Gasteiger partial charge < -0.3 is 4.43 Å². The quantitative estimate of drug-likeness (QED) is 0.402. The second-order valence-corrected chi connectivity index (χ2v) is 11.7. The van der Waals surface area contributed by atoms with Gasteiger partial charge in [0.25, 0.3) is 8.32 Å². The number of unbranched alkanes of at least 4 members (excludes halogenated alkanes) is 1. The molecule has 0 aliphatic heterocycles. The molecule has 0 amide bonds. The van der Waals surface area contributed by atoms with E-state index in [1.807, 2.05) is 19.1 Å². The molecule has 0 radical (unpaired) electrons. The lowest BCUT2D eigenvalue weighted by Crippen LogP contribution is -2.66. The van der Waals surface area contributed by atoms with Crippen molar-refractivity contribution in [3.8, 4) is 11.8 Å². The lowest BCUT2D eigenvalue weighted by molar-refractivity contribution is 0.293. The summed E-state index contributed by atoms with van der Waals surface area (Å²) < 4.78 is 6.83. The summed E-state index contributed by atoms with van der Waals surface area (Å²) in [6.45, 7) is 9.65. The number of rotatable bonds is 6. The summed E-state index contributed by atoms with van der Waals surface area (Å²) in [5.74, 6) is 6.24. The van der Waals surface area contributed by atoms with Crippen LogP contribution in [0.2, 0.25) is 5.04 Å². The van der Waals surface area contributed by atoms with Crippen molar-refractivity contribution in [2.24, 2.45) is 0 Å². The molecule has 0 saturated carbocycles. The summed E-state index contributed by atoms with van der Waals surface area (Å²) in [6, 6.07) is 21.6. The molecule has 0 saturated heterocycles. The normalized spacial score (nSPS) is 12.0. The molecule has 0 spiro atoms. The SMILES string of the molecule is C/C=C\C#CCCCO[Si](c1ccccc1)(c1ccccc1)C(C)(C)C. The number of hydrogen-bond acceptors (Lipinski definition) is 1. The van der Waals surface area contributed by atoms with E-state index in [0.29, 0.717) is 0 Å². The second-order valence-electron chi connectivity index (χ2n) is 7.44. The monoisotopic (exact) mass is 362 g/mol. The predicted octanol–water partition coefficient (Wildman–Crippen LogP) is 4.92. The van der Waals surface area contributed by atoms with Crippen LogP contribution in [0.5, 0.6) is 0 Å². The van der Waals surface area contributed by atoms with E-state index in [1.165, 1.54) is 10.4 Å². The first-order valence-corrected chi connectivity index (χ1v) is 11.3. The van der Waals surface area contributed by atoms with Crippen LogP contribution in [0.4, 0.5) is 0 Å². The number of allylic oxidation sites excluding steroid dienone is 2. The average molecular weight is 363 g/mol. The molecule has 0 atom stereocenters. The molecule has 1 nitrogen and oxygen atoms in total. The van der Waals surface area contributed by atoms with Crippen molar-refractivity contribution < 1.29 is 4.43 Å². The fourth-order valence-corrected chi connectivity index (χ4v) is 7.97. The van der Waals surface area contributed by atoms with Gasteiger partial charge in [0.15, 0.2) is 0 Å². The van der Waals surface area contributed by atoms with Gasteiger partial charge in [-0.1, -0.05) is 99.4 Å². The van der Waals surface area contributed by atoms with Crippen molar-refractivity contribution in [1.29, 1.82) is 0 Å². The van der Waals surface area contributed by atoms with Crippen LogP contribution in [0.15, 0.2) is 72.8 Å². The van der Waals surface area contributed by atoms with Crippen molar-refractivity contribution in [3.63, 3.8) is 0 Å².